The molecule has 2 aromatic heterocycles. The zero-order chi connectivity index (χ0) is 22.3. The maximum Gasteiger partial charge on any atom is 0.192 e. The van der Waals surface area contributed by atoms with E-state index in [4.69, 9.17) is 9.47 Å². The molecular weight excluding hydrogens is 424 g/mol. The quantitative estimate of drug-likeness (QED) is 0.279. The average molecular weight is 447 g/mol. The minimum absolute atomic E-state index is 0.0609. The molecule has 0 fully saturated rings. The summed E-state index contributed by atoms with van der Waals surface area (Å²) in [6.45, 7) is 0.591. The summed E-state index contributed by atoms with van der Waals surface area (Å²) < 4.78 is 12.6. The fourth-order valence-corrected chi connectivity index (χ4v) is 4.08. The fourth-order valence-electron chi connectivity index (χ4n) is 3.26. The number of hydrogen-bond donors (Lipinski definition) is 0. The summed E-state index contributed by atoms with van der Waals surface area (Å²) in [5.74, 6) is 1.99. The Labute approximate surface area is 190 Å². The Balaban J connectivity index is 1.60. The van der Waals surface area contributed by atoms with E-state index in [1.807, 2.05) is 34.9 Å². The molecule has 0 aliphatic carbocycles. The van der Waals surface area contributed by atoms with Gasteiger partial charge in [0, 0.05) is 24.0 Å². The van der Waals surface area contributed by atoms with Gasteiger partial charge in [0.15, 0.2) is 16.8 Å². The van der Waals surface area contributed by atoms with E-state index < -0.39 is 0 Å². The first-order chi connectivity index (χ1) is 15.7. The summed E-state index contributed by atoms with van der Waals surface area (Å²) in [6.07, 6.45) is 3.45. The Bertz CT molecular complexity index is 1200. The number of nitrogens with zero attached hydrogens (tertiary/aromatic N) is 4. The number of aromatic nitrogens is 4. The Kier molecular flexibility index (Phi) is 6.81. The molecule has 0 aliphatic rings. The maximum absolute atomic E-state index is 12.9. The molecule has 2 heterocycles. The number of rotatable bonds is 9. The second-order valence-electron chi connectivity index (χ2n) is 6.89. The molecule has 0 saturated carbocycles. The lowest BCUT2D eigenvalue weighted by Crippen LogP contribution is -2.08. The minimum atomic E-state index is -0.0609. The van der Waals surface area contributed by atoms with Gasteiger partial charge in [-0.25, -0.2) is 0 Å². The van der Waals surface area contributed by atoms with Gasteiger partial charge in [-0.1, -0.05) is 42.1 Å². The Morgan fingerprint density at radius 1 is 0.969 bits per heavy atom. The summed E-state index contributed by atoms with van der Waals surface area (Å²) in [4.78, 5) is 17.0. The van der Waals surface area contributed by atoms with E-state index in [1.165, 1.54) is 18.9 Å². The number of methoxy groups -OCH3 is 2. The van der Waals surface area contributed by atoms with Crippen LogP contribution in [-0.4, -0.2) is 45.5 Å². The zero-order valence-corrected chi connectivity index (χ0v) is 18.6. The van der Waals surface area contributed by atoms with Gasteiger partial charge in [-0.15, -0.1) is 10.2 Å². The second-order valence-corrected chi connectivity index (χ2v) is 7.83. The molecule has 7 nitrogen and oxygen atoms in total. The van der Waals surface area contributed by atoms with Crippen LogP contribution < -0.4 is 9.47 Å². The molecule has 4 rings (SSSR count). The third kappa shape index (κ3) is 4.81. The van der Waals surface area contributed by atoms with Crippen LogP contribution >= 0.6 is 11.8 Å². The monoisotopic (exact) mass is 446 g/mol. The summed E-state index contributed by atoms with van der Waals surface area (Å²) in [5, 5.41) is 9.45. The molecular formula is C24H22N4O3S. The number of thioether (sulfide) groups is 1. The van der Waals surface area contributed by atoms with E-state index >= 15 is 0 Å². The largest absolute Gasteiger partial charge is 0.497 e. The molecule has 0 saturated heterocycles. The highest BCUT2D eigenvalue weighted by molar-refractivity contribution is 7.99. The van der Waals surface area contributed by atoms with Crippen molar-refractivity contribution in [3.63, 3.8) is 0 Å². The zero-order valence-electron chi connectivity index (χ0n) is 17.8. The minimum Gasteiger partial charge on any atom is -0.497 e. The maximum atomic E-state index is 12.9. The van der Waals surface area contributed by atoms with Crippen molar-refractivity contribution in [2.45, 2.75) is 11.7 Å². The van der Waals surface area contributed by atoms with Crippen molar-refractivity contribution in [3.05, 3.63) is 84.2 Å². The van der Waals surface area contributed by atoms with Gasteiger partial charge in [0.2, 0.25) is 0 Å². The second kappa shape index (κ2) is 10.1. The lowest BCUT2D eigenvalue weighted by molar-refractivity contribution is 0.101. The molecule has 162 valence electrons. The van der Waals surface area contributed by atoms with E-state index in [0.717, 1.165) is 17.0 Å². The first-order valence-electron chi connectivity index (χ1n) is 9.95. The Morgan fingerprint density at radius 2 is 1.75 bits per heavy atom. The Hall–Kier alpha value is -3.65. The summed E-state index contributed by atoms with van der Waals surface area (Å²) in [6, 6.07) is 19.1. The summed E-state index contributed by atoms with van der Waals surface area (Å²) in [7, 11) is 3.11. The van der Waals surface area contributed by atoms with Crippen molar-refractivity contribution in [1.29, 1.82) is 0 Å². The van der Waals surface area contributed by atoms with Gasteiger partial charge in [-0.3, -0.25) is 14.3 Å². The van der Waals surface area contributed by atoms with Crippen molar-refractivity contribution < 1.29 is 14.3 Å². The van der Waals surface area contributed by atoms with Crippen molar-refractivity contribution in [2.24, 2.45) is 0 Å². The molecule has 0 atom stereocenters. The van der Waals surface area contributed by atoms with Gasteiger partial charge in [0.25, 0.3) is 0 Å². The van der Waals surface area contributed by atoms with Gasteiger partial charge in [0.1, 0.15) is 11.5 Å². The summed E-state index contributed by atoms with van der Waals surface area (Å²) in [5.41, 5.74) is 2.54. The van der Waals surface area contributed by atoms with Crippen LogP contribution in [0.2, 0.25) is 0 Å². The number of carbonyl (C=O) groups excluding carboxylic acids is 1. The topological polar surface area (TPSA) is 79.1 Å². The van der Waals surface area contributed by atoms with Gasteiger partial charge < -0.3 is 9.47 Å². The molecule has 0 bridgehead atoms. The predicted molar refractivity (Wildman–Crippen MR) is 123 cm³/mol. The van der Waals surface area contributed by atoms with Gasteiger partial charge in [-0.05, 0) is 29.8 Å². The highest BCUT2D eigenvalue weighted by Gasteiger charge is 2.18. The lowest BCUT2D eigenvalue weighted by Gasteiger charge is -2.11. The van der Waals surface area contributed by atoms with Crippen LogP contribution in [0.3, 0.4) is 0 Å². The van der Waals surface area contributed by atoms with Crippen LogP contribution in [-0.2, 0) is 6.54 Å². The number of ether oxygens (including phenoxy) is 2. The molecule has 0 spiro atoms. The van der Waals surface area contributed by atoms with Crippen molar-refractivity contribution in [3.8, 4) is 22.9 Å². The average Bonchev–Trinajstić information content (AvgIpc) is 3.25. The van der Waals surface area contributed by atoms with Gasteiger partial charge in [0.05, 0.1) is 32.1 Å². The van der Waals surface area contributed by atoms with E-state index in [2.05, 4.69) is 27.3 Å². The molecule has 0 amide bonds. The molecule has 0 N–H and O–H groups in total. The Morgan fingerprint density at radius 3 is 2.47 bits per heavy atom. The van der Waals surface area contributed by atoms with E-state index in [0.29, 0.717) is 28.8 Å². The number of pyridine rings is 1. The van der Waals surface area contributed by atoms with Gasteiger partial charge in [-0.2, -0.15) is 0 Å². The molecule has 2 aromatic carbocycles. The molecule has 32 heavy (non-hydrogen) atoms. The number of carbonyl (C=O) groups is 1. The molecule has 0 aliphatic heterocycles. The number of Topliss-reactive ketones (excluding diaryl/α,β-unsaturated/α-hetero) is 1. The van der Waals surface area contributed by atoms with E-state index in [-0.39, 0.29) is 11.5 Å². The normalized spacial score (nSPS) is 10.7. The first-order valence-corrected chi connectivity index (χ1v) is 10.9. The number of hydrogen-bond acceptors (Lipinski definition) is 7. The van der Waals surface area contributed by atoms with E-state index in [1.54, 1.807) is 37.7 Å². The predicted octanol–water partition coefficient (Wildman–Crippen LogP) is 4.38. The standard InChI is InChI=1S/C24H22N4O3S/c1-30-19-8-9-20(22(14-19)31-2)21(29)16-32-24-27-26-23(18-10-12-25-13-11-18)28(24)15-17-6-4-3-5-7-17/h3-14H,15-16H2,1-2H3. The molecule has 0 radical (unpaired) electrons. The van der Waals surface area contributed by atoms with Crippen LogP contribution in [0.4, 0.5) is 0 Å². The molecule has 0 unspecified atom stereocenters. The van der Waals surface area contributed by atoms with Crippen molar-refractivity contribution in [2.75, 3.05) is 20.0 Å². The third-order valence-electron chi connectivity index (χ3n) is 4.88. The number of ketones is 1. The highest BCUT2D eigenvalue weighted by atomic mass is 32.2. The SMILES string of the molecule is COc1ccc(C(=O)CSc2nnc(-c3ccncc3)n2Cc2ccccc2)c(OC)c1. The fraction of sp³-hybridized carbons (Fsp3) is 0.167. The molecule has 4 aromatic rings. The van der Waals surface area contributed by atoms with Crippen LogP contribution in [0.1, 0.15) is 15.9 Å². The van der Waals surface area contributed by atoms with Crippen LogP contribution in [0, 0.1) is 0 Å². The van der Waals surface area contributed by atoms with Crippen LogP contribution in [0.25, 0.3) is 11.4 Å². The van der Waals surface area contributed by atoms with Crippen LogP contribution in [0.15, 0.2) is 78.2 Å². The van der Waals surface area contributed by atoms with Gasteiger partial charge >= 0.3 is 0 Å². The first kappa shape index (κ1) is 21.6. The van der Waals surface area contributed by atoms with E-state index in [9.17, 15) is 4.79 Å². The summed E-state index contributed by atoms with van der Waals surface area (Å²) >= 11 is 1.35. The molecule has 8 heteroatoms. The third-order valence-corrected chi connectivity index (χ3v) is 5.85. The highest BCUT2D eigenvalue weighted by Crippen LogP contribution is 2.29. The van der Waals surface area contributed by atoms with Crippen LogP contribution in [0.5, 0.6) is 11.5 Å². The smallest absolute Gasteiger partial charge is 0.192 e. The lowest BCUT2D eigenvalue weighted by atomic mass is 10.1. The van der Waals surface area contributed by atoms with Crippen molar-refractivity contribution >= 4 is 17.5 Å². The van der Waals surface area contributed by atoms with Crippen molar-refractivity contribution in [1.82, 2.24) is 19.7 Å². The number of benzene rings is 2.